The van der Waals surface area contributed by atoms with Crippen molar-refractivity contribution in [3.63, 3.8) is 0 Å². The van der Waals surface area contributed by atoms with Crippen LogP contribution >= 0.6 is 22.9 Å². The van der Waals surface area contributed by atoms with Crippen molar-refractivity contribution in [3.05, 3.63) is 39.9 Å². The Labute approximate surface area is 180 Å². The molecule has 0 saturated carbocycles. The number of aromatic nitrogens is 1. The molecule has 0 unspecified atom stereocenters. The fraction of sp³-hybridized carbons (Fsp3) is 0.476. The Kier molecular flexibility index (Phi) is 6.49. The van der Waals surface area contributed by atoms with Crippen LogP contribution in [0.25, 0.3) is 10.6 Å². The molecule has 1 aliphatic rings. The summed E-state index contributed by atoms with van der Waals surface area (Å²) in [4.78, 5) is 34.1. The number of nitrogens with zero attached hydrogens (tertiary/aromatic N) is 3. The van der Waals surface area contributed by atoms with E-state index in [2.05, 4.69) is 4.98 Å². The highest BCUT2D eigenvalue weighted by Gasteiger charge is 2.28. The average Bonchev–Trinajstić information content (AvgIpc) is 3.01. The van der Waals surface area contributed by atoms with Crippen molar-refractivity contribution in [1.82, 2.24) is 14.8 Å². The molecule has 1 saturated heterocycles. The Bertz CT molecular complexity index is 882. The van der Waals surface area contributed by atoms with Gasteiger partial charge in [0.05, 0.1) is 12.1 Å². The monoisotopic (exact) mass is 435 g/mol. The molecule has 1 aromatic heterocycles. The third kappa shape index (κ3) is 5.70. The number of halogens is 1. The Balaban J connectivity index is 1.58. The molecule has 0 N–H and O–H groups in total. The molecule has 0 spiro atoms. The summed E-state index contributed by atoms with van der Waals surface area (Å²) >= 11 is 7.53. The van der Waals surface area contributed by atoms with Gasteiger partial charge in [-0.15, -0.1) is 11.3 Å². The molecule has 2 amide bonds. The van der Waals surface area contributed by atoms with Gasteiger partial charge in [-0.3, -0.25) is 4.79 Å². The number of amides is 2. The first kappa shape index (κ1) is 21.6. The summed E-state index contributed by atoms with van der Waals surface area (Å²) in [5, 5.41) is 1.57. The molecule has 2 aromatic rings. The predicted octanol–water partition coefficient (Wildman–Crippen LogP) is 4.39. The largest absolute Gasteiger partial charge is 0.444 e. The molecule has 1 fully saturated rings. The van der Waals surface area contributed by atoms with Crippen LogP contribution in [0, 0.1) is 6.92 Å². The maximum atomic E-state index is 12.8. The van der Waals surface area contributed by atoms with Crippen LogP contribution in [0.2, 0.25) is 5.02 Å². The van der Waals surface area contributed by atoms with Crippen LogP contribution in [0.3, 0.4) is 0 Å². The minimum Gasteiger partial charge on any atom is -0.444 e. The summed E-state index contributed by atoms with van der Waals surface area (Å²) < 4.78 is 5.40. The Morgan fingerprint density at radius 1 is 1.10 bits per heavy atom. The van der Waals surface area contributed by atoms with Crippen molar-refractivity contribution in [2.24, 2.45) is 0 Å². The second-order valence-corrected chi connectivity index (χ2v) is 9.69. The molecule has 156 valence electrons. The number of thiazole rings is 1. The standard InChI is InChI=1S/C21H26ClN3O3S/c1-14-17(23-19(29-14)15-5-7-16(22)8-6-15)13-18(26)24-9-11-25(12-10-24)20(27)28-21(2,3)4/h5-8H,9-13H2,1-4H3. The number of carbonyl (C=O) groups is 2. The summed E-state index contributed by atoms with van der Waals surface area (Å²) in [5.41, 5.74) is 1.28. The van der Waals surface area contributed by atoms with Gasteiger partial charge in [-0.05, 0) is 39.8 Å². The van der Waals surface area contributed by atoms with E-state index in [1.165, 1.54) is 0 Å². The van der Waals surface area contributed by atoms with Crippen LogP contribution in [0.15, 0.2) is 24.3 Å². The number of piperazine rings is 1. The lowest BCUT2D eigenvalue weighted by Crippen LogP contribution is -2.52. The highest BCUT2D eigenvalue weighted by molar-refractivity contribution is 7.15. The summed E-state index contributed by atoms with van der Waals surface area (Å²) in [6.07, 6.45) is -0.0601. The number of hydrogen-bond donors (Lipinski definition) is 0. The van der Waals surface area contributed by atoms with E-state index < -0.39 is 5.60 Å². The molecule has 8 heteroatoms. The second kappa shape index (κ2) is 8.71. The first-order chi connectivity index (χ1) is 13.6. The van der Waals surface area contributed by atoms with Gasteiger partial charge >= 0.3 is 6.09 Å². The van der Waals surface area contributed by atoms with Gasteiger partial charge in [0, 0.05) is 41.6 Å². The summed E-state index contributed by atoms with van der Waals surface area (Å²) in [6, 6.07) is 7.54. The van der Waals surface area contributed by atoms with E-state index in [0.717, 1.165) is 21.1 Å². The Morgan fingerprint density at radius 3 is 2.28 bits per heavy atom. The topological polar surface area (TPSA) is 62.7 Å². The van der Waals surface area contributed by atoms with Crippen molar-refractivity contribution >= 4 is 34.9 Å². The lowest BCUT2D eigenvalue weighted by Gasteiger charge is -2.35. The highest BCUT2D eigenvalue weighted by atomic mass is 35.5. The number of carbonyl (C=O) groups excluding carboxylic acids is 2. The number of rotatable bonds is 3. The predicted molar refractivity (Wildman–Crippen MR) is 115 cm³/mol. The van der Waals surface area contributed by atoms with E-state index in [9.17, 15) is 9.59 Å². The average molecular weight is 436 g/mol. The minimum atomic E-state index is -0.520. The van der Waals surface area contributed by atoms with Gasteiger partial charge < -0.3 is 14.5 Å². The molecule has 3 rings (SSSR count). The third-order valence-corrected chi connectivity index (χ3v) is 5.90. The smallest absolute Gasteiger partial charge is 0.410 e. The number of hydrogen-bond acceptors (Lipinski definition) is 5. The highest BCUT2D eigenvalue weighted by Crippen LogP contribution is 2.29. The number of aryl methyl sites for hydroxylation is 1. The van der Waals surface area contributed by atoms with E-state index in [1.807, 2.05) is 52.0 Å². The molecule has 0 aliphatic carbocycles. The van der Waals surface area contributed by atoms with Gasteiger partial charge in [0.25, 0.3) is 0 Å². The first-order valence-corrected chi connectivity index (χ1v) is 10.8. The fourth-order valence-electron chi connectivity index (χ4n) is 3.03. The molecule has 6 nitrogen and oxygen atoms in total. The van der Waals surface area contributed by atoms with Crippen LogP contribution in [-0.4, -0.2) is 58.6 Å². The SMILES string of the molecule is Cc1sc(-c2ccc(Cl)cc2)nc1CC(=O)N1CCN(C(=O)OC(C)(C)C)CC1. The van der Waals surface area contributed by atoms with Crippen molar-refractivity contribution in [1.29, 1.82) is 0 Å². The normalized spacial score (nSPS) is 14.8. The summed E-state index contributed by atoms with van der Waals surface area (Å²) in [6.45, 7) is 9.49. The maximum absolute atomic E-state index is 12.8. The molecule has 0 bridgehead atoms. The molecule has 29 heavy (non-hydrogen) atoms. The zero-order chi connectivity index (χ0) is 21.2. The van der Waals surface area contributed by atoms with E-state index >= 15 is 0 Å². The van der Waals surface area contributed by atoms with Gasteiger partial charge in [0.1, 0.15) is 10.6 Å². The van der Waals surface area contributed by atoms with Gasteiger partial charge in [0.2, 0.25) is 5.91 Å². The van der Waals surface area contributed by atoms with Crippen LogP contribution in [0.4, 0.5) is 4.79 Å². The van der Waals surface area contributed by atoms with Crippen LogP contribution in [0.1, 0.15) is 31.3 Å². The third-order valence-electron chi connectivity index (χ3n) is 4.59. The summed E-state index contributed by atoms with van der Waals surface area (Å²) in [7, 11) is 0. The maximum Gasteiger partial charge on any atom is 0.410 e. The molecule has 1 aliphatic heterocycles. The van der Waals surface area contributed by atoms with Crippen LogP contribution in [0.5, 0.6) is 0 Å². The zero-order valence-corrected chi connectivity index (χ0v) is 18.8. The van der Waals surface area contributed by atoms with Gasteiger partial charge in [-0.1, -0.05) is 23.7 Å². The van der Waals surface area contributed by atoms with E-state index in [1.54, 1.807) is 21.1 Å². The second-order valence-electron chi connectivity index (χ2n) is 8.05. The van der Waals surface area contributed by atoms with E-state index in [4.69, 9.17) is 16.3 Å². The lowest BCUT2D eigenvalue weighted by atomic mass is 10.2. The van der Waals surface area contributed by atoms with Crippen molar-refractivity contribution < 1.29 is 14.3 Å². The quantitative estimate of drug-likeness (QED) is 0.717. The van der Waals surface area contributed by atoms with Crippen molar-refractivity contribution in [2.75, 3.05) is 26.2 Å². The Morgan fingerprint density at radius 2 is 1.69 bits per heavy atom. The molecular formula is C21H26ClN3O3S. The molecule has 2 heterocycles. The van der Waals surface area contributed by atoms with E-state index in [0.29, 0.717) is 31.2 Å². The van der Waals surface area contributed by atoms with Crippen molar-refractivity contribution in [3.8, 4) is 10.6 Å². The van der Waals surface area contributed by atoms with E-state index in [-0.39, 0.29) is 18.4 Å². The molecule has 1 aromatic carbocycles. The first-order valence-electron chi connectivity index (χ1n) is 9.60. The molecule has 0 radical (unpaired) electrons. The van der Waals surface area contributed by atoms with Gasteiger partial charge in [-0.25, -0.2) is 9.78 Å². The summed E-state index contributed by atoms with van der Waals surface area (Å²) in [5.74, 6) is 0.0323. The van der Waals surface area contributed by atoms with Gasteiger partial charge in [0.15, 0.2) is 0 Å². The zero-order valence-electron chi connectivity index (χ0n) is 17.2. The number of benzene rings is 1. The molecule has 0 atom stereocenters. The molecular weight excluding hydrogens is 410 g/mol. The van der Waals surface area contributed by atoms with Crippen molar-refractivity contribution in [2.45, 2.75) is 39.7 Å². The number of ether oxygens (including phenoxy) is 1. The lowest BCUT2D eigenvalue weighted by molar-refractivity contribution is -0.132. The fourth-order valence-corrected chi connectivity index (χ4v) is 4.09. The van der Waals surface area contributed by atoms with Crippen LogP contribution in [-0.2, 0) is 16.0 Å². The minimum absolute atomic E-state index is 0.0323. The van der Waals surface area contributed by atoms with Gasteiger partial charge in [-0.2, -0.15) is 0 Å². The Hall–Kier alpha value is -2.12. The van der Waals surface area contributed by atoms with Crippen LogP contribution < -0.4 is 0 Å².